The number of hydrogen-bond acceptors (Lipinski definition) is 5. The highest BCUT2D eigenvalue weighted by Gasteiger charge is 2.37. The van der Waals surface area contributed by atoms with Gasteiger partial charge in [0, 0.05) is 11.1 Å². The van der Waals surface area contributed by atoms with Crippen molar-refractivity contribution in [3.8, 4) is 11.5 Å². The van der Waals surface area contributed by atoms with Gasteiger partial charge < -0.3 is 23.7 Å². The van der Waals surface area contributed by atoms with Crippen LogP contribution in [0.4, 0.5) is 0 Å². The van der Waals surface area contributed by atoms with Crippen molar-refractivity contribution >= 4 is 12.2 Å². The molecule has 5 heteroatoms. The Labute approximate surface area is 197 Å². The van der Waals surface area contributed by atoms with Crippen molar-refractivity contribution in [2.24, 2.45) is 0 Å². The highest BCUT2D eigenvalue weighted by molar-refractivity contribution is 5.62. The third-order valence-electron chi connectivity index (χ3n) is 6.36. The molecule has 1 heterocycles. The number of para-hydroxylation sites is 2. The average molecular weight is 451 g/mol. The first-order valence-electron chi connectivity index (χ1n) is 11.8. The summed E-state index contributed by atoms with van der Waals surface area (Å²) in [5.74, 6) is 2.54. The van der Waals surface area contributed by atoms with Crippen LogP contribution in [-0.2, 0) is 14.2 Å². The molecule has 0 amide bonds. The molecule has 0 N–H and O–H groups in total. The third-order valence-corrected chi connectivity index (χ3v) is 6.36. The third kappa shape index (κ3) is 5.67. The molecule has 5 nitrogen and oxygen atoms in total. The van der Waals surface area contributed by atoms with Crippen molar-refractivity contribution in [2.75, 3.05) is 52.9 Å². The van der Waals surface area contributed by atoms with Crippen LogP contribution in [0.3, 0.4) is 0 Å². The summed E-state index contributed by atoms with van der Waals surface area (Å²) in [6, 6.07) is 12.6. The molecule has 1 aliphatic carbocycles. The molecule has 176 valence electrons. The Morgan fingerprint density at radius 3 is 1.33 bits per heavy atom. The Bertz CT molecular complexity index is 862. The summed E-state index contributed by atoms with van der Waals surface area (Å²) < 4.78 is 29.4. The Morgan fingerprint density at radius 1 is 0.576 bits per heavy atom. The van der Waals surface area contributed by atoms with Crippen LogP contribution in [0.25, 0.3) is 12.2 Å². The van der Waals surface area contributed by atoms with Gasteiger partial charge in [-0.05, 0) is 35.8 Å². The molecule has 0 radical (unpaired) electrons. The zero-order chi connectivity index (χ0) is 22.9. The second-order valence-corrected chi connectivity index (χ2v) is 8.26. The SMILES string of the molecule is C=Cc1cccc2c1OCCOCCOCCOCCOc1c(C=C)cccc1[C@@H]1CC[C@H]21. The minimum absolute atomic E-state index is 0.356. The van der Waals surface area contributed by atoms with Crippen molar-refractivity contribution < 1.29 is 23.7 Å². The molecule has 0 aromatic heterocycles. The maximum atomic E-state index is 6.26. The largest absolute Gasteiger partial charge is 0.490 e. The van der Waals surface area contributed by atoms with Gasteiger partial charge in [-0.3, -0.25) is 0 Å². The van der Waals surface area contributed by atoms with E-state index in [1.54, 1.807) is 0 Å². The van der Waals surface area contributed by atoms with E-state index in [1.165, 1.54) is 11.1 Å². The second-order valence-electron chi connectivity index (χ2n) is 8.26. The monoisotopic (exact) mass is 450 g/mol. The van der Waals surface area contributed by atoms with Crippen LogP contribution in [0.2, 0.25) is 0 Å². The predicted molar refractivity (Wildman–Crippen MR) is 131 cm³/mol. The number of ether oxygens (including phenoxy) is 5. The summed E-state index contributed by atoms with van der Waals surface area (Å²) in [7, 11) is 0. The minimum Gasteiger partial charge on any atom is -0.490 e. The zero-order valence-electron chi connectivity index (χ0n) is 19.3. The fourth-order valence-corrected chi connectivity index (χ4v) is 4.58. The van der Waals surface area contributed by atoms with Crippen LogP contribution < -0.4 is 9.47 Å². The van der Waals surface area contributed by atoms with Crippen LogP contribution in [0.5, 0.6) is 11.5 Å². The summed E-state index contributed by atoms with van der Waals surface area (Å²) in [5, 5.41) is 0. The van der Waals surface area contributed by atoms with Gasteiger partial charge in [0.15, 0.2) is 0 Å². The van der Waals surface area contributed by atoms with Crippen molar-refractivity contribution in [2.45, 2.75) is 24.7 Å². The van der Waals surface area contributed by atoms with Crippen LogP contribution in [0.15, 0.2) is 49.6 Å². The van der Waals surface area contributed by atoms with Gasteiger partial charge in [-0.25, -0.2) is 0 Å². The van der Waals surface area contributed by atoms with E-state index >= 15 is 0 Å². The van der Waals surface area contributed by atoms with Crippen molar-refractivity contribution in [1.82, 2.24) is 0 Å². The lowest BCUT2D eigenvalue weighted by molar-refractivity contribution is 0.00494. The molecule has 0 bridgehead atoms. The molecule has 1 fully saturated rings. The lowest BCUT2D eigenvalue weighted by atomic mass is 9.66. The molecule has 0 spiro atoms. The summed E-state index contributed by atoms with van der Waals surface area (Å²) in [6.45, 7) is 12.1. The van der Waals surface area contributed by atoms with Gasteiger partial charge in [-0.15, -0.1) is 0 Å². The van der Waals surface area contributed by atoms with Crippen LogP contribution in [-0.4, -0.2) is 52.9 Å². The van der Waals surface area contributed by atoms with Crippen molar-refractivity contribution in [3.05, 3.63) is 71.8 Å². The lowest BCUT2D eigenvalue weighted by Gasteiger charge is -2.39. The lowest BCUT2D eigenvalue weighted by Crippen LogP contribution is -2.24. The summed E-state index contributed by atoms with van der Waals surface area (Å²) in [4.78, 5) is 0. The first-order chi connectivity index (χ1) is 16.3. The zero-order valence-corrected chi connectivity index (χ0v) is 19.3. The fraction of sp³-hybridized carbons (Fsp3) is 0.429. The molecule has 2 aromatic rings. The van der Waals surface area contributed by atoms with Gasteiger partial charge in [-0.1, -0.05) is 61.7 Å². The molecule has 33 heavy (non-hydrogen) atoms. The predicted octanol–water partition coefficient (Wildman–Crippen LogP) is 5.45. The quantitative estimate of drug-likeness (QED) is 0.608. The normalized spacial score (nSPS) is 22.3. The number of rotatable bonds is 2. The first-order valence-corrected chi connectivity index (χ1v) is 11.8. The summed E-state index contributed by atoms with van der Waals surface area (Å²) >= 11 is 0. The molecule has 1 saturated carbocycles. The molecule has 0 unspecified atom stereocenters. The van der Waals surface area contributed by atoms with E-state index in [9.17, 15) is 0 Å². The van der Waals surface area contributed by atoms with Crippen LogP contribution >= 0.6 is 0 Å². The molecule has 2 atom stereocenters. The highest BCUT2D eigenvalue weighted by Crippen LogP contribution is 2.54. The second kappa shape index (κ2) is 12.0. The molecule has 2 aliphatic rings. The van der Waals surface area contributed by atoms with E-state index in [2.05, 4.69) is 49.6 Å². The van der Waals surface area contributed by atoms with Crippen LogP contribution in [0.1, 0.15) is 46.9 Å². The molecule has 0 saturated heterocycles. The average Bonchev–Trinajstić information content (AvgIpc) is 2.82. The number of fused-ring (bicyclic) bond motifs is 5. The Kier molecular flexibility index (Phi) is 8.59. The van der Waals surface area contributed by atoms with Crippen molar-refractivity contribution in [1.29, 1.82) is 0 Å². The summed E-state index contributed by atoms with van der Waals surface area (Å²) in [6.07, 6.45) is 5.94. The molecule has 1 aliphatic heterocycles. The summed E-state index contributed by atoms with van der Waals surface area (Å²) in [5.41, 5.74) is 4.48. The van der Waals surface area contributed by atoms with E-state index < -0.39 is 0 Å². The molecular formula is C28H34O5. The van der Waals surface area contributed by atoms with E-state index in [0.29, 0.717) is 64.7 Å². The molecule has 2 aromatic carbocycles. The molecular weight excluding hydrogens is 416 g/mol. The number of hydrogen-bond donors (Lipinski definition) is 0. The highest BCUT2D eigenvalue weighted by atomic mass is 16.6. The van der Waals surface area contributed by atoms with E-state index in [-0.39, 0.29) is 0 Å². The van der Waals surface area contributed by atoms with Gasteiger partial charge in [0.2, 0.25) is 0 Å². The number of benzene rings is 2. The van der Waals surface area contributed by atoms with Gasteiger partial charge in [0.05, 0.1) is 39.6 Å². The Morgan fingerprint density at radius 2 is 0.970 bits per heavy atom. The minimum atomic E-state index is 0.356. The smallest absolute Gasteiger partial charge is 0.130 e. The maximum absolute atomic E-state index is 6.26. The molecule has 4 rings (SSSR count). The van der Waals surface area contributed by atoms with Gasteiger partial charge in [0.25, 0.3) is 0 Å². The van der Waals surface area contributed by atoms with Crippen LogP contribution in [0, 0.1) is 0 Å². The topological polar surface area (TPSA) is 46.2 Å². The maximum Gasteiger partial charge on any atom is 0.130 e. The standard InChI is InChI=1S/C28H34O5/c1-3-21-7-5-9-25-23-11-12-24(23)26-10-6-8-22(4-2)28(26)33-20-18-31-16-14-29-13-15-30-17-19-32-27(21)25/h3-10,23-24H,1-2,11-20H2/t23-,24+. The Hall–Kier alpha value is -2.60. The van der Waals surface area contributed by atoms with E-state index in [1.807, 2.05) is 12.2 Å². The van der Waals surface area contributed by atoms with E-state index in [4.69, 9.17) is 23.7 Å². The van der Waals surface area contributed by atoms with Gasteiger partial charge >= 0.3 is 0 Å². The van der Waals surface area contributed by atoms with E-state index in [0.717, 1.165) is 35.5 Å². The van der Waals surface area contributed by atoms with Crippen molar-refractivity contribution in [3.63, 3.8) is 0 Å². The first kappa shape index (κ1) is 23.6. The van der Waals surface area contributed by atoms with Gasteiger partial charge in [0.1, 0.15) is 24.7 Å². The Balaban J connectivity index is 1.64. The van der Waals surface area contributed by atoms with Gasteiger partial charge in [-0.2, -0.15) is 0 Å². The fourth-order valence-electron chi connectivity index (χ4n) is 4.58.